The number of ether oxygens (including phenoxy) is 2. The minimum absolute atomic E-state index is 0.000275. The Hall–Kier alpha value is -3.14. The monoisotopic (exact) mass is 404 g/mol. The predicted molar refractivity (Wildman–Crippen MR) is 119 cm³/mol. The van der Waals surface area contributed by atoms with Crippen LogP contribution < -0.4 is 0 Å². The van der Waals surface area contributed by atoms with Crippen LogP contribution in [-0.2, 0) is 9.47 Å². The van der Waals surface area contributed by atoms with E-state index in [4.69, 9.17) is 9.47 Å². The first-order chi connectivity index (χ1) is 14.6. The summed E-state index contributed by atoms with van der Waals surface area (Å²) in [5, 5.41) is 0. The van der Waals surface area contributed by atoms with Gasteiger partial charge in [0.2, 0.25) is 0 Å². The fraction of sp³-hybridized carbons (Fsp3) is 0.308. The zero-order valence-corrected chi connectivity index (χ0v) is 17.2. The summed E-state index contributed by atoms with van der Waals surface area (Å²) in [7, 11) is 0. The zero-order chi connectivity index (χ0) is 21.3. The summed E-state index contributed by atoms with van der Waals surface area (Å²) >= 11 is 0. The lowest BCUT2D eigenvalue weighted by atomic mass is 9.98. The van der Waals surface area contributed by atoms with Crippen molar-refractivity contribution in [2.45, 2.75) is 38.2 Å². The van der Waals surface area contributed by atoms with Gasteiger partial charge in [-0.15, -0.1) is 0 Å². The molecule has 3 rings (SSSR count). The molecule has 0 N–H and O–H groups in total. The maximum absolute atomic E-state index is 12.6. The topological polar surface area (TPSA) is 52.6 Å². The summed E-state index contributed by atoms with van der Waals surface area (Å²) in [6.45, 7) is 7.68. The summed E-state index contributed by atoms with van der Waals surface area (Å²) in [4.78, 5) is 25.0. The highest BCUT2D eigenvalue weighted by Gasteiger charge is 2.29. The molecular weight excluding hydrogens is 376 g/mol. The molecule has 1 aliphatic rings. The Morgan fingerprint density at radius 2 is 1.33 bits per heavy atom. The summed E-state index contributed by atoms with van der Waals surface area (Å²) in [5.74, 6) is -0.700. The van der Waals surface area contributed by atoms with Gasteiger partial charge in [-0.25, -0.2) is 9.59 Å². The van der Waals surface area contributed by atoms with E-state index in [-0.39, 0.29) is 30.6 Å². The van der Waals surface area contributed by atoms with Crippen LogP contribution in [0.15, 0.2) is 61.7 Å². The van der Waals surface area contributed by atoms with Crippen molar-refractivity contribution in [1.82, 2.24) is 0 Å². The van der Waals surface area contributed by atoms with Crippen LogP contribution in [0, 0.1) is 5.92 Å². The van der Waals surface area contributed by atoms with Crippen LogP contribution in [0.25, 0.3) is 12.2 Å². The van der Waals surface area contributed by atoms with Crippen LogP contribution >= 0.6 is 0 Å². The van der Waals surface area contributed by atoms with Gasteiger partial charge in [-0.05, 0) is 54.7 Å². The Morgan fingerprint density at radius 1 is 0.800 bits per heavy atom. The Bertz CT molecular complexity index is 880. The predicted octanol–water partition coefficient (Wildman–Crippen LogP) is 5.94. The Kier molecular flexibility index (Phi) is 7.61. The van der Waals surface area contributed by atoms with Gasteiger partial charge < -0.3 is 9.47 Å². The Morgan fingerprint density at radius 3 is 1.90 bits per heavy atom. The van der Waals surface area contributed by atoms with Gasteiger partial charge in [0.05, 0.1) is 17.7 Å². The fourth-order valence-corrected chi connectivity index (χ4v) is 3.68. The SMILES string of the molecule is C=Cc1ccc(C(=O)OC[C@@H]2CCCCC[C@@H]2OC(=O)c2ccc(C=C)cc2)cc1. The fourth-order valence-electron chi connectivity index (χ4n) is 3.68. The molecule has 2 aromatic carbocycles. The van der Waals surface area contributed by atoms with Crippen LogP contribution in [0.4, 0.5) is 0 Å². The van der Waals surface area contributed by atoms with E-state index in [2.05, 4.69) is 13.2 Å². The molecule has 4 heteroatoms. The Labute approximate surface area is 178 Å². The van der Waals surface area contributed by atoms with Crippen molar-refractivity contribution < 1.29 is 19.1 Å². The lowest BCUT2D eigenvalue weighted by Crippen LogP contribution is -2.30. The minimum Gasteiger partial charge on any atom is -0.462 e. The van der Waals surface area contributed by atoms with Gasteiger partial charge in [-0.1, -0.05) is 62.4 Å². The van der Waals surface area contributed by atoms with Crippen molar-refractivity contribution in [3.63, 3.8) is 0 Å². The highest BCUT2D eigenvalue weighted by atomic mass is 16.6. The minimum atomic E-state index is -0.361. The zero-order valence-electron chi connectivity index (χ0n) is 17.2. The van der Waals surface area contributed by atoms with Crippen molar-refractivity contribution >= 4 is 24.1 Å². The van der Waals surface area contributed by atoms with Gasteiger partial charge in [0.25, 0.3) is 0 Å². The van der Waals surface area contributed by atoms with Crippen LogP contribution in [0.5, 0.6) is 0 Å². The third-order valence-electron chi connectivity index (χ3n) is 5.54. The van der Waals surface area contributed by atoms with Gasteiger partial charge in [0.15, 0.2) is 0 Å². The van der Waals surface area contributed by atoms with Gasteiger partial charge in [0.1, 0.15) is 6.10 Å². The van der Waals surface area contributed by atoms with Crippen molar-refractivity contribution in [3.05, 3.63) is 83.9 Å². The molecule has 0 bridgehead atoms. The third kappa shape index (κ3) is 5.69. The molecule has 0 radical (unpaired) electrons. The molecule has 2 aromatic rings. The lowest BCUT2D eigenvalue weighted by molar-refractivity contribution is -0.00622. The van der Waals surface area contributed by atoms with Gasteiger partial charge in [-0.2, -0.15) is 0 Å². The van der Waals surface area contributed by atoms with E-state index in [0.717, 1.165) is 43.2 Å². The summed E-state index contributed by atoms with van der Waals surface area (Å²) < 4.78 is 11.4. The lowest BCUT2D eigenvalue weighted by Gasteiger charge is -2.25. The molecule has 1 fully saturated rings. The molecule has 1 aliphatic carbocycles. The maximum Gasteiger partial charge on any atom is 0.338 e. The molecule has 0 spiro atoms. The van der Waals surface area contributed by atoms with E-state index < -0.39 is 0 Å². The molecule has 0 unspecified atom stereocenters. The van der Waals surface area contributed by atoms with E-state index in [1.807, 2.05) is 24.3 Å². The number of carbonyl (C=O) groups excluding carboxylic acids is 2. The van der Waals surface area contributed by atoms with Gasteiger partial charge in [-0.3, -0.25) is 0 Å². The molecule has 0 saturated heterocycles. The van der Waals surface area contributed by atoms with Crippen molar-refractivity contribution in [2.75, 3.05) is 6.61 Å². The Balaban J connectivity index is 1.62. The highest BCUT2D eigenvalue weighted by molar-refractivity contribution is 5.90. The van der Waals surface area contributed by atoms with E-state index >= 15 is 0 Å². The molecule has 156 valence electrons. The van der Waals surface area contributed by atoms with Crippen LogP contribution in [-0.4, -0.2) is 24.6 Å². The number of hydrogen-bond donors (Lipinski definition) is 0. The number of hydrogen-bond acceptors (Lipinski definition) is 4. The molecule has 0 aliphatic heterocycles. The molecule has 1 saturated carbocycles. The van der Waals surface area contributed by atoms with Gasteiger partial charge in [0, 0.05) is 5.92 Å². The third-order valence-corrected chi connectivity index (χ3v) is 5.54. The largest absolute Gasteiger partial charge is 0.462 e. The van der Waals surface area contributed by atoms with E-state index in [9.17, 15) is 9.59 Å². The molecule has 0 aromatic heterocycles. The molecule has 4 nitrogen and oxygen atoms in total. The van der Waals surface area contributed by atoms with Crippen molar-refractivity contribution in [3.8, 4) is 0 Å². The van der Waals surface area contributed by atoms with Crippen LogP contribution in [0.2, 0.25) is 0 Å². The quantitative estimate of drug-likeness (QED) is 0.424. The summed E-state index contributed by atoms with van der Waals surface area (Å²) in [6, 6.07) is 14.3. The van der Waals surface area contributed by atoms with Crippen molar-refractivity contribution in [2.24, 2.45) is 5.92 Å². The normalized spacial score (nSPS) is 18.7. The standard InChI is InChI=1S/C26H28O4/c1-3-19-10-14-21(15-11-19)25(27)29-18-23-8-6-5-7-9-24(23)30-26(28)22-16-12-20(4-2)13-17-22/h3-4,10-17,23-24H,1-2,5-9,18H2/t23-,24-/m0/s1. The molecule has 2 atom stereocenters. The number of esters is 2. The maximum atomic E-state index is 12.6. The average Bonchev–Trinajstić information content (AvgIpc) is 3.02. The molecule has 0 heterocycles. The van der Waals surface area contributed by atoms with E-state index in [1.165, 1.54) is 0 Å². The second kappa shape index (κ2) is 10.6. The number of rotatable bonds is 7. The first-order valence-electron chi connectivity index (χ1n) is 10.4. The smallest absolute Gasteiger partial charge is 0.338 e. The van der Waals surface area contributed by atoms with E-state index in [1.54, 1.807) is 36.4 Å². The average molecular weight is 405 g/mol. The van der Waals surface area contributed by atoms with Crippen LogP contribution in [0.1, 0.15) is 63.9 Å². The molecule has 30 heavy (non-hydrogen) atoms. The first-order valence-corrected chi connectivity index (χ1v) is 10.4. The molecular formula is C26H28O4. The first kappa shape index (κ1) is 21.6. The van der Waals surface area contributed by atoms with E-state index in [0.29, 0.717) is 11.1 Å². The van der Waals surface area contributed by atoms with Crippen molar-refractivity contribution in [1.29, 1.82) is 0 Å². The second-order valence-corrected chi connectivity index (χ2v) is 7.59. The summed E-state index contributed by atoms with van der Waals surface area (Å²) in [6.07, 6.45) is 7.99. The number of benzene rings is 2. The number of carbonyl (C=O) groups is 2. The van der Waals surface area contributed by atoms with Crippen LogP contribution in [0.3, 0.4) is 0 Å². The highest BCUT2D eigenvalue weighted by Crippen LogP contribution is 2.27. The van der Waals surface area contributed by atoms with Gasteiger partial charge >= 0.3 is 11.9 Å². The second-order valence-electron chi connectivity index (χ2n) is 7.59. The molecule has 0 amide bonds. The summed E-state index contributed by atoms with van der Waals surface area (Å²) in [5.41, 5.74) is 2.92.